The lowest BCUT2D eigenvalue weighted by Crippen LogP contribution is -3.12. The van der Waals surface area contributed by atoms with Crippen molar-refractivity contribution in [2.24, 2.45) is 4.99 Å². The van der Waals surface area contributed by atoms with E-state index in [1.807, 2.05) is 30.3 Å². The number of rotatable bonds is 6. The minimum atomic E-state index is -0.700. The molecule has 39 heavy (non-hydrogen) atoms. The fraction of sp³-hybridized carbons (Fsp3) is 0.321. The van der Waals surface area contributed by atoms with Crippen molar-refractivity contribution in [3.8, 4) is 0 Å². The van der Waals surface area contributed by atoms with Gasteiger partial charge in [0.15, 0.2) is 4.80 Å². The van der Waals surface area contributed by atoms with E-state index in [4.69, 9.17) is 4.74 Å². The highest BCUT2D eigenvalue weighted by molar-refractivity contribution is 7.07. The summed E-state index contributed by atoms with van der Waals surface area (Å²) in [5.41, 5.74) is 2.67. The Morgan fingerprint density at radius 2 is 1.95 bits per heavy atom. The number of non-ortho nitro benzene ring substituents is 1. The van der Waals surface area contributed by atoms with Gasteiger partial charge in [0.2, 0.25) is 0 Å². The van der Waals surface area contributed by atoms with Crippen molar-refractivity contribution in [3.63, 3.8) is 0 Å². The van der Waals surface area contributed by atoms with E-state index in [0.29, 0.717) is 26.2 Å². The summed E-state index contributed by atoms with van der Waals surface area (Å²) in [7, 11) is 2.14. The number of nitrogens with one attached hydrogen (secondary N) is 1. The first-order chi connectivity index (χ1) is 18.8. The number of allylic oxidation sites excluding steroid dienone is 1. The maximum absolute atomic E-state index is 13.9. The van der Waals surface area contributed by atoms with Crippen molar-refractivity contribution in [2.45, 2.75) is 19.9 Å². The number of nitro benzene ring substituents is 1. The van der Waals surface area contributed by atoms with Gasteiger partial charge in [-0.15, -0.1) is 0 Å². The number of carbonyl (C=O) groups excluding carboxylic acids is 1. The van der Waals surface area contributed by atoms with Crippen LogP contribution in [0.3, 0.4) is 0 Å². The first kappa shape index (κ1) is 26.5. The summed E-state index contributed by atoms with van der Waals surface area (Å²) in [6, 6.07) is 13.4. The standard InChI is InChI=1S/C28H29N5O5S/c1-4-38-27(35)24-18(2)29-28-32(25(24)19-8-6-5-7-9-19)26(34)23(39-28)17-20-16-21(33(36)37)10-11-22(20)31-14-12-30(3)13-15-31/h5-11,16-17,25H,4,12-15H2,1-3H3/p+1/b23-17+/t25-/m0/s1. The van der Waals surface area contributed by atoms with Gasteiger partial charge in [0, 0.05) is 23.4 Å². The van der Waals surface area contributed by atoms with Crippen LogP contribution in [-0.2, 0) is 9.53 Å². The Hall–Kier alpha value is -4.09. The van der Waals surface area contributed by atoms with Crippen molar-refractivity contribution < 1.29 is 19.4 Å². The van der Waals surface area contributed by atoms with Crippen molar-refractivity contribution in [1.82, 2.24) is 4.57 Å². The quantitative estimate of drug-likeness (QED) is 0.280. The fourth-order valence-corrected chi connectivity index (χ4v) is 6.11. The SMILES string of the molecule is CCOC(=O)C1=C(C)N=c2s/c(=C/c3cc([N+](=O)[O-])ccc3N3CC[NH+](C)CC3)c(=O)n2[C@H]1c1ccccc1. The molecule has 2 aromatic carbocycles. The monoisotopic (exact) mass is 548 g/mol. The molecule has 1 N–H and O–H groups in total. The number of hydrogen-bond acceptors (Lipinski definition) is 8. The third-order valence-corrected chi connectivity index (χ3v) is 8.08. The largest absolute Gasteiger partial charge is 0.463 e. The van der Waals surface area contributed by atoms with Crippen LogP contribution in [-0.4, -0.2) is 55.3 Å². The van der Waals surface area contributed by atoms with Crippen LogP contribution in [0.5, 0.6) is 0 Å². The Labute approximate surface area is 228 Å². The van der Waals surface area contributed by atoms with Crippen molar-refractivity contribution in [3.05, 3.63) is 101 Å². The number of anilines is 1. The molecule has 11 heteroatoms. The predicted octanol–water partition coefficient (Wildman–Crippen LogP) is 1.04. The molecule has 202 valence electrons. The molecule has 2 aliphatic heterocycles. The summed E-state index contributed by atoms with van der Waals surface area (Å²) in [5.74, 6) is -0.514. The van der Waals surface area contributed by atoms with Crippen LogP contribution >= 0.6 is 11.3 Å². The van der Waals surface area contributed by atoms with Gasteiger partial charge in [-0.1, -0.05) is 41.7 Å². The zero-order valence-corrected chi connectivity index (χ0v) is 22.9. The molecule has 10 nitrogen and oxygen atoms in total. The summed E-state index contributed by atoms with van der Waals surface area (Å²) >= 11 is 1.21. The Kier molecular flexibility index (Phi) is 7.45. The highest BCUT2D eigenvalue weighted by atomic mass is 32.1. The minimum Gasteiger partial charge on any atom is -0.463 e. The van der Waals surface area contributed by atoms with Gasteiger partial charge >= 0.3 is 5.97 Å². The lowest BCUT2D eigenvalue weighted by molar-refractivity contribution is -0.880. The summed E-state index contributed by atoms with van der Waals surface area (Å²) in [6.45, 7) is 7.19. The predicted molar refractivity (Wildman–Crippen MR) is 149 cm³/mol. The Bertz CT molecular complexity index is 1630. The van der Waals surface area contributed by atoms with Crippen LogP contribution in [0.25, 0.3) is 6.08 Å². The van der Waals surface area contributed by atoms with E-state index in [0.717, 1.165) is 37.4 Å². The van der Waals surface area contributed by atoms with Gasteiger partial charge < -0.3 is 14.5 Å². The number of ether oxygens (including phenoxy) is 1. The molecular weight excluding hydrogens is 518 g/mol. The smallest absolute Gasteiger partial charge is 0.338 e. The second kappa shape index (κ2) is 11.0. The highest BCUT2D eigenvalue weighted by Gasteiger charge is 2.33. The normalized spacial score (nSPS) is 18.1. The molecule has 0 unspecified atom stereocenters. The Morgan fingerprint density at radius 3 is 2.62 bits per heavy atom. The number of nitrogens with zero attached hydrogens (tertiary/aromatic N) is 4. The molecule has 5 rings (SSSR count). The molecule has 1 fully saturated rings. The number of thiazole rings is 1. The number of hydrogen-bond donors (Lipinski definition) is 1. The summed E-state index contributed by atoms with van der Waals surface area (Å²) < 4.78 is 7.25. The molecular formula is C28H30N5O5S+. The Morgan fingerprint density at radius 1 is 1.23 bits per heavy atom. The maximum atomic E-state index is 13.9. The number of carbonyl (C=O) groups is 1. The maximum Gasteiger partial charge on any atom is 0.338 e. The van der Waals surface area contributed by atoms with E-state index >= 15 is 0 Å². The molecule has 0 spiro atoms. The van der Waals surface area contributed by atoms with Crippen molar-refractivity contribution >= 4 is 34.8 Å². The second-order valence-electron chi connectivity index (χ2n) is 9.66. The number of fused-ring (bicyclic) bond motifs is 1. The molecule has 3 aromatic rings. The number of piperazine rings is 1. The number of benzene rings is 2. The van der Waals surface area contributed by atoms with Crippen LogP contribution < -0.4 is 24.7 Å². The highest BCUT2D eigenvalue weighted by Crippen LogP contribution is 2.31. The van der Waals surface area contributed by atoms with E-state index in [1.165, 1.54) is 32.9 Å². The first-order valence-electron chi connectivity index (χ1n) is 12.9. The molecule has 1 saturated heterocycles. The lowest BCUT2D eigenvalue weighted by atomic mass is 9.96. The van der Waals surface area contributed by atoms with Crippen LogP contribution in [0, 0.1) is 10.1 Å². The molecule has 0 amide bonds. The van der Waals surface area contributed by atoms with E-state index in [-0.39, 0.29) is 17.9 Å². The molecule has 1 aromatic heterocycles. The zero-order valence-electron chi connectivity index (χ0n) is 22.0. The summed E-state index contributed by atoms with van der Waals surface area (Å²) in [5, 5.41) is 11.6. The fourth-order valence-electron chi connectivity index (χ4n) is 5.07. The van der Waals surface area contributed by atoms with Gasteiger partial charge in [0.1, 0.15) is 0 Å². The first-order valence-corrected chi connectivity index (χ1v) is 13.7. The van der Waals surface area contributed by atoms with Crippen LogP contribution in [0.4, 0.5) is 11.4 Å². The van der Waals surface area contributed by atoms with E-state index in [1.54, 1.807) is 26.0 Å². The van der Waals surface area contributed by atoms with Gasteiger partial charge in [0.25, 0.3) is 11.2 Å². The Balaban J connectivity index is 1.69. The van der Waals surface area contributed by atoms with E-state index in [9.17, 15) is 19.7 Å². The van der Waals surface area contributed by atoms with E-state index < -0.39 is 16.9 Å². The lowest BCUT2D eigenvalue weighted by Gasteiger charge is -2.32. The number of quaternary nitrogens is 1. The summed E-state index contributed by atoms with van der Waals surface area (Å²) in [4.78, 5) is 46.8. The molecule has 0 bridgehead atoms. The molecule has 2 aliphatic rings. The number of aromatic nitrogens is 1. The van der Waals surface area contributed by atoms with Crippen LogP contribution in [0.1, 0.15) is 31.0 Å². The van der Waals surface area contributed by atoms with Gasteiger partial charge in [0.05, 0.1) is 66.6 Å². The van der Waals surface area contributed by atoms with Gasteiger partial charge in [-0.05, 0) is 31.6 Å². The molecule has 0 aliphatic carbocycles. The van der Waals surface area contributed by atoms with Crippen molar-refractivity contribution in [1.29, 1.82) is 0 Å². The van der Waals surface area contributed by atoms with Gasteiger partial charge in [-0.2, -0.15) is 0 Å². The molecule has 0 radical (unpaired) electrons. The summed E-state index contributed by atoms with van der Waals surface area (Å²) in [6.07, 6.45) is 1.71. The van der Waals surface area contributed by atoms with Crippen LogP contribution in [0.2, 0.25) is 0 Å². The van der Waals surface area contributed by atoms with E-state index in [2.05, 4.69) is 16.9 Å². The number of nitro groups is 1. The number of likely N-dealkylation sites (N-methyl/N-ethyl adjacent to an activating group) is 1. The third-order valence-electron chi connectivity index (χ3n) is 7.10. The number of esters is 1. The zero-order chi connectivity index (χ0) is 27.7. The molecule has 3 heterocycles. The minimum absolute atomic E-state index is 0.0415. The van der Waals surface area contributed by atoms with Crippen LogP contribution in [0.15, 0.2) is 69.6 Å². The molecule has 0 saturated carbocycles. The molecule has 1 atom stereocenters. The van der Waals surface area contributed by atoms with Gasteiger partial charge in [-0.3, -0.25) is 19.5 Å². The van der Waals surface area contributed by atoms with Crippen molar-refractivity contribution in [2.75, 3.05) is 44.7 Å². The average Bonchev–Trinajstić information content (AvgIpc) is 3.23. The van der Waals surface area contributed by atoms with Gasteiger partial charge in [-0.25, -0.2) is 9.79 Å². The second-order valence-corrected chi connectivity index (χ2v) is 10.7. The average molecular weight is 549 g/mol. The third kappa shape index (κ3) is 5.15. The topological polar surface area (TPSA) is 111 Å².